The van der Waals surface area contributed by atoms with Gasteiger partial charge in [-0.2, -0.15) is 0 Å². The van der Waals surface area contributed by atoms with Crippen LogP contribution in [0.5, 0.6) is 0 Å². The van der Waals surface area contributed by atoms with Crippen LogP contribution in [-0.4, -0.2) is 20.4 Å². The summed E-state index contributed by atoms with van der Waals surface area (Å²) < 4.78 is 2.56. The van der Waals surface area contributed by atoms with Crippen LogP contribution in [0.15, 0.2) is 40.8 Å². The van der Waals surface area contributed by atoms with Gasteiger partial charge in [0.2, 0.25) is 5.91 Å². The molecule has 3 rings (SSSR count). The summed E-state index contributed by atoms with van der Waals surface area (Å²) in [6, 6.07) is 5.58. The zero-order valence-electron chi connectivity index (χ0n) is 12.8. The number of nitrogens with one attached hydrogen (secondary N) is 2. The van der Waals surface area contributed by atoms with Crippen molar-refractivity contribution in [3.8, 4) is 0 Å². The minimum atomic E-state index is -0.0977. The molecule has 0 bridgehead atoms. The second-order valence-corrected chi connectivity index (χ2v) is 6.59. The van der Waals surface area contributed by atoms with Crippen LogP contribution in [0.3, 0.4) is 0 Å². The summed E-state index contributed by atoms with van der Waals surface area (Å²) >= 11 is 6.62. The van der Waals surface area contributed by atoms with Gasteiger partial charge in [-0.25, -0.2) is 0 Å². The van der Waals surface area contributed by atoms with Gasteiger partial charge in [-0.05, 0) is 41.7 Å². The molecular weight excluding hydrogens is 344 g/mol. The van der Waals surface area contributed by atoms with Crippen molar-refractivity contribution in [3.05, 3.63) is 56.7 Å². The number of aromatic nitrogens is 3. The molecule has 3 aromatic rings. The lowest BCUT2D eigenvalue weighted by atomic mass is 10.2. The van der Waals surface area contributed by atoms with E-state index >= 15 is 0 Å². The molecule has 0 aliphatic carbocycles. The summed E-state index contributed by atoms with van der Waals surface area (Å²) in [5.41, 5.74) is 1.62. The van der Waals surface area contributed by atoms with Gasteiger partial charge in [0.15, 0.2) is 4.77 Å². The van der Waals surface area contributed by atoms with Crippen molar-refractivity contribution in [3.63, 3.8) is 0 Å². The van der Waals surface area contributed by atoms with Gasteiger partial charge in [-0.15, -0.1) is 11.3 Å². The topological polar surface area (TPSA) is 79.8 Å². The largest absolute Gasteiger partial charge is 0.352 e. The fourth-order valence-corrected chi connectivity index (χ4v) is 3.44. The number of hydrogen-bond donors (Lipinski definition) is 2. The first-order valence-corrected chi connectivity index (χ1v) is 8.80. The van der Waals surface area contributed by atoms with Gasteiger partial charge >= 0.3 is 0 Å². The van der Waals surface area contributed by atoms with Crippen LogP contribution in [0.25, 0.3) is 10.2 Å². The Morgan fingerprint density at radius 2 is 2.29 bits per heavy atom. The number of amides is 1. The highest BCUT2D eigenvalue weighted by Gasteiger charge is 2.08. The van der Waals surface area contributed by atoms with Crippen LogP contribution < -0.4 is 10.9 Å². The third-order valence-corrected chi connectivity index (χ3v) is 4.81. The highest BCUT2D eigenvalue weighted by atomic mass is 32.1. The first-order chi connectivity index (χ1) is 11.6. The van der Waals surface area contributed by atoms with Gasteiger partial charge in [0, 0.05) is 31.9 Å². The molecule has 0 aliphatic heterocycles. The molecule has 1 amide bonds. The molecule has 3 aromatic heterocycles. The maximum absolute atomic E-state index is 12.4. The number of pyridine rings is 1. The first-order valence-electron chi connectivity index (χ1n) is 7.51. The van der Waals surface area contributed by atoms with Gasteiger partial charge in [-0.3, -0.25) is 19.1 Å². The Morgan fingerprint density at radius 1 is 1.42 bits per heavy atom. The predicted molar refractivity (Wildman–Crippen MR) is 96.6 cm³/mol. The molecule has 3 heterocycles. The molecular formula is C16H16N4O2S2. The summed E-state index contributed by atoms with van der Waals surface area (Å²) in [6.45, 7) is 0.871. The van der Waals surface area contributed by atoms with Crippen molar-refractivity contribution < 1.29 is 4.79 Å². The predicted octanol–water partition coefficient (Wildman–Crippen LogP) is 2.61. The average molecular weight is 360 g/mol. The van der Waals surface area contributed by atoms with Gasteiger partial charge in [0.05, 0.1) is 5.52 Å². The SMILES string of the molecule is O=C(CCCn1c(=S)[nH]c2ccsc2c1=O)NCc1cccnc1. The van der Waals surface area contributed by atoms with E-state index in [1.165, 1.54) is 15.9 Å². The summed E-state index contributed by atoms with van der Waals surface area (Å²) in [7, 11) is 0. The number of fused-ring (bicyclic) bond motifs is 1. The van der Waals surface area contributed by atoms with Crippen LogP contribution in [0.2, 0.25) is 0 Å². The molecule has 0 fully saturated rings. The third kappa shape index (κ3) is 3.77. The molecule has 124 valence electrons. The number of carbonyl (C=O) groups excluding carboxylic acids is 1. The lowest BCUT2D eigenvalue weighted by molar-refractivity contribution is -0.121. The molecule has 8 heteroatoms. The smallest absolute Gasteiger partial charge is 0.272 e. The third-order valence-electron chi connectivity index (χ3n) is 3.59. The van der Waals surface area contributed by atoms with E-state index in [1.54, 1.807) is 12.4 Å². The lowest BCUT2D eigenvalue weighted by Crippen LogP contribution is -2.25. The quantitative estimate of drug-likeness (QED) is 0.662. The van der Waals surface area contributed by atoms with Crippen molar-refractivity contribution in [2.45, 2.75) is 25.9 Å². The molecule has 24 heavy (non-hydrogen) atoms. The van der Waals surface area contributed by atoms with E-state index in [4.69, 9.17) is 12.2 Å². The minimum absolute atomic E-state index is 0.0565. The Labute approximate surface area is 147 Å². The summed E-state index contributed by atoms with van der Waals surface area (Å²) in [4.78, 5) is 31.3. The zero-order chi connectivity index (χ0) is 16.9. The van der Waals surface area contributed by atoms with Crippen molar-refractivity contribution in [2.24, 2.45) is 0 Å². The number of thiophene rings is 1. The number of hydrogen-bond acceptors (Lipinski definition) is 5. The molecule has 0 saturated heterocycles. The number of nitrogens with zero attached hydrogens (tertiary/aromatic N) is 2. The molecule has 0 saturated carbocycles. The standard InChI is InChI=1S/C16H16N4O2S2/c21-13(18-10-11-3-1-6-17-9-11)4-2-7-20-15(22)14-12(5-8-24-14)19-16(20)23/h1,3,5-6,8-9H,2,4,7,10H2,(H,18,21)(H,19,23). The molecule has 0 aliphatic rings. The zero-order valence-corrected chi connectivity index (χ0v) is 14.5. The van der Waals surface area contributed by atoms with E-state index < -0.39 is 0 Å². The molecule has 0 unspecified atom stereocenters. The van der Waals surface area contributed by atoms with Gasteiger partial charge < -0.3 is 10.3 Å². The fourth-order valence-electron chi connectivity index (χ4n) is 2.36. The van der Waals surface area contributed by atoms with Crippen molar-refractivity contribution in [1.82, 2.24) is 19.9 Å². The molecule has 2 N–H and O–H groups in total. The summed E-state index contributed by atoms with van der Waals surface area (Å²) in [5, 5.41) is 4.70. The van der Waals surface area contributed by atoms with Gasteiger partial charge in [-0.1, -0.05) is 6.07 Å². The van der Waals surface area contributed by atoms with Crippen molar-refractivity contribution in [1.29, 1.82) is 0 Å². The maximum atomic E-state index is 12.4. The van der Waals surface area contributed by atoms with Crippen LogP contribution in [0.4, 0.5) is 0 Å². The fraction of sp³-hybridized carbons (Fsp3) is 0.250. The van der Waals surface area contributed by atoms with E-state index in [0.717, 1.165) is 11.1 Å². The van der Waals surface area contributed by atoms with Crippen LogP contribution in [0.1, 0.15) is 18.4 Å². The van der Waals surface area contributed by atoms with Crippen molar-refractivity contribution >= 4 is 39.7 Å². The summed E-state index contributed by atoms with van der Waals surface area (Å²) in [6.07, 6.45) is 4.30. The maximum Gasteiger partial charge on any atom is 0.272 e. The molecule has 0 aromatic carbocycles. The normalized spacial score (nSPS) is 10.8. The Morgan fingerprint density at radius 3 is 3.08 bits per heavy atom. The molecule has 0 spiro atoms. The van der Waals surface area contributed by atoms with Crippen LogP contribution >= 0.6 is 23.6 Å². The van der Waals surface area contributed by atoms with E-state index in [0.29, 0.717) is 35.4 Å². The second-order valence-electron chi connectivity index (χ2n) is 5.29. The highest BCUT2D eigenvalue weighted by Crippen LogP contribution is 2.14. The number of H-pyrrole nitrogens is 1. The van der Waals surface area contributed by atoms with Crippen molar-refractivity contribution in [2.75, 3.05) is 0 Å². The van der Waals surface area contributed by atoms with E-state index in [1.807, 2.05) is 23.6 Å². The minimum Gasteiger partial charge on any atom is -0.352 e. The molecule has 0 radical (unpaired) electrons. The Kier molecular flexibility index (Phi) is 5.17. The first kappa shape index (κ1) is 16.5. The number of carbonyl (C=O) groups is 1. The van der Waals surface area contributed by atoms with Crippen LogP contribution in [0, 0.1) is 4.77 Å². The van der Waals surface area contributed by atoms with Crippen LogP contribution in [-0.2, 0) is 17.9 Å². The van der Waals surface area contributed by atoms with E-state index in [2.05, 4.69) is 15.3 Å². The summed E-state index contributed by atoms with van der Waals surface area (Å²) in [5.74, 6) is -0.0565. The lowest BCUT2D eigenvalue weighted by Gasteiger charge is -2.07. The monoisotopic (exact) mass is 360 g/mol. The molecule has 6 nitrogen and oxygen atoms in total. The Balaban J connectivity index is 1.56. The number of rotatable bonds is 6. The number of aromatic amines is 1. The van der Waals surface area contributed by atoms with E-state index in [-0.39, 0.29) is 11.5 Å². The average Bonchev–Trinajstić information content (AvgIpc) is 3.05. The second kappa shape index (κ2) is 7.50. The van der Waals surface area contributed by atoms with E-state index in [9.17, 15) is 9.59 Å². The van der Waals surface area contributed by atoms with Gasteiger partial charge in [0.1, 0.15) is 4.70 Å². The Bertz CT molecular complexity index is 959. The van der Waals surface area contributed by atoms with Gasteiger partial charge in [0.25, 0.3) is 5.56 Å². The Hall–Kier alpha value is -2.32. The highest BCUT2D eigenvalue weighted by molar-refractivity contribution is 7.71. The molecule has 0 atom stereocenters.